The second-order valence-electron chi connectivity index (χ2n) is 7.29. The van der Waals surface area contributed by atoms with Crippen molar-refractivity contribution in [3.63, 3.8) is 0 Å². The molecule has 0 aliphatic rings. The molecule has 0 radical (unpaired) electrons. The van der Waals surface area contributed by atoms with Crippen LogP contribution in [0, 0.1) is 6.92 Å². The lowest BCUT2D eigenvalue weighted by Crippen LogP contribution is -2.56. The quantitative estimate of drug-likeness (QED) is 0.805. The zero-order chi connectivity index (χ0) is 17.1. The van der Waals surface area contributed by atoms with Gasteiger partial charge in [-0.3, -0.25) is 4.79 Å². The highest BCUT2D eigenvalue weighted by Crippen LogP contribution is 2.17. The normalized spacial score (nSPS) is 11.8. The molecule has 0 saturated heterocycles. The number of hydrogen-bond donors (Lipinski definition) is 1. The molecule has 0 spiro atoms. The van der Waals surface area contributed by atoms with Gasteiger partial charge in [-0.25, -0.2) is 15.2 Å². The molecule has 5 nitrogen and oxygen atoms in total. The molecule has 0 fully saturated rings. The number of nitrogens with zero attached hydrogens (tertiary/aromatic N) is 1. The molecule has 5 heteroatoms. The highest BCUT2D eigenvalue weighted by atomic mass is 16.6. The molecule has 0 aliphatic heterocycles. The van der Waals surface area contributed by atoms with E-state index in [2.05, 4.69) is 5.43 Å². The molecular formula is C17H26N2O3. The van der Waals surface area contributed by atoms with Crippen LogP contribution in [0.4, 0.5) is 4.79 Å². The van der Waals surface area contributed by atoms with Crippen molar-refractivity contribution < 1.29 is 14.3 Å². The van der Waals surface area contributed by atoms with E-state index in [-0.39, 0.29) is 5.91 Å². The van der Waals surface area contributed by atoms with E-state index in [1.54, 1.807) is 32.9 Å². The fourth-order valence-electron chi connectivity index (χ4n) is 1.82. The number of carbonyl (C=O) groups excluding carboxylic acids is 2. The van der Waals surface area contributed by atoms with Gasteiger partial charge in [-0.1, -0.05) is 17.7 Å². The number of nitrogens with one attached hydrogen (secondary N) is 1. The molecular weight excluding hydrogens is 280 g/mol. The predicted octanol–water partition coefficient (Wildman–Crippen LogP) is 3.68. The smallest absolute Gasteiger partial charge is 0.426 e. The average molecular weight is 306 g/mol. The minimum Gasteiger partial charge on any atom is -0.443 e. The molecule has 0 aliphatic carbocycles. The van der Waals surface area contributed by atoms with Crippen LogP contribution in [0.15, 0.2) is 24.3 Å². The molecule has 1 aromatic rings. The van der Waals surface area contributed by atoms with Gasteiger partial charge in [-0.2, -0.15) is 0 Å². The predicted molar refractivity (Wildman–Crippen MR) is 86.5 cm³/mol. The van der Waals surface area contributed by atoms with Crippen molar-refractivity contribution in [2.45, 2.75) is 59.6 Å². The molecule has 0 heterocycles. The Morgan fingerprint density at radius 1 is 1.09 bits per heavy atom. The Labute approximate surface area is 132 Å². The third-order valence-corrected chi connectivity index (χ3v) is 2.74. The lowest BCUT2D eigenvalue weighted by Gasteiger charge is -2.36. The van der Waals surface area contributed by atoms with Crippen molar-refractivity contribution in [1.82, 2.24) is 10.4 Å². The zero-order valence-electron chi connectivity index (χ0n) is 14.5. The van der Waals surface area contributed by atoms with E-state index in [1.807, 2.05) is 39.8 Å². The Morgan fingerprint density at radius 2 is 1.68 bits per heavy atom. The van der Waals surface area contributed by atoms with Gasteiger partial charge in [0.15, 0.2) is 0 Å². The molecule has 1 rings (SSSR count). The van der Waals surface area contributed by atoms with E-state index in [0.29, 0.717) is 5.56 Å². The molecule has 22 heavy (non-hydrogen) atoms. The molecule has 0 bridgehead atoms. The van der Waals surface area contributed by atoms with Gasteiger partial charge in [0, 0.05) is 5.56 Å². The minimum atomic E-state index is -0.650. The van der Waals surface area contributed by atoms with Crippen molar-refractivity contribution in [3.8, 4) is 0 Å². The van der Waals surface area contributed by atoms with Crippen LogP contribution < -0.4 is 5.43 Å². The van der Waals surface area contributed by atoms with E-state index in [1.165, 1.54) is 5.01 Å². The van der Waals surface area contributed by atoms with E-state index in [4.69, 9.17) is 4.74 Å². The highest BCUT2D eigenvalue weighted by Gasteiger charge is 2.30. The van der Waals surface area contributed by atoms with Crippen molar-refractivity contribution in [3.05, 3.63) is 35.4 Å². The number of amides is 2. The largest absolute Gasteiger partial charge is 0.443 e. The van der Waals surface area contributed by atoms with Crippen LogP contribution in [0.2, 0.25) is 0 Å². The van der Waals surface area contributed by atoms with Crippen molar-refractivity contribution in [1.29, 1.82) is 0 Å². The summed E-state index contributed by atoms with van der Waals surface area (Å²) in [6.45, 7) is 12.8. The topological polar surface area (TPSA) is 58.6 Å². The van der Waals surface area contributed by atoms with Gasteiger partial charge < -0.3 is 4.74 Å². The Bertz CT molecular complexity index is 554. The molecule has 1 N–H and O–H groups in total. The van der Waals surface area contributed by atoms with E-state index < -0.39 is 17.2 Å². The number of hydrogen-bond acceptors (Lipinski definition) is 3. The lowest BCUT2D eigenvalue weighted by molar-refractivity contribution is 0.0118. The number of hydrazine groups is 1. The number of carbonyl (C=O) groups is 2. The highest BCUT2D eigenvalue weighted by molar-refractivity contribution is 5.95. The van der Waals surface area contributed by atoms with Gasteiger partial charge in [-0.15, -0.1) is 0 Å². The summed E-state index contributed by atoms with van der Waals surface area (Å²) >= 11 is 0. The third kappa shape index (κ3) is 5.39. The summed E-state index contributed by atoms with van der Waals surface area (Å²) in [6.07, 6.45) is -0.650. The maximum absolute atomic E-state index is 12.7. The first-order valence-corrected chi connectivity index (χ1v) is 7.31. The van der Waals surface area contributed by atoms with Crippen LogP contribution in [0.3, 0.4) is 0 Å². The van der Waals surface area contributed by atoms with E-state index in [9.17, 15) is 9.59 Å². The monoisotopic (exact) mass is 306 g/mol. The maximum atomic E-state index is 12.7. The van der Waals surface area contributed by atoms with Crippen LogP contribution in [-0.2, 0) is 4.74 Å². The van der Waals surface area contributed by atoms with Crippen LogP contribution in [0.1, 0.15) is 57.5 Å². The van der Waals surface area contributed by atoms with Crippen molar-refractivity contribution in [2.75, 3.05) is 0 Å². The summed E-state index contributed by atoms with van der Waals surface area (Å²) in [6, 6.07) is 7.25. The number of ether oxygens (including phenoxy) is 1. The average Bonchev–Trinajstić information content (AvgIpc) is 2.31. The first-order chi connectivity index (χ1) is 9.90. The van der Waals surface area contributed by atoms with Gasteiger partial charge in [0.05, 0.1) is 5.54 Å². The summed E-state index contributed by atoms with van der Waals surface area (Å²) in [5.74, 6) is -0.276. The van der Waals surface area contributed by atoms with Gasteiger partial charge in [-0.05, 0) is 60.6 Å². The van der Waals surface area contributed by atoms with Crippen molar-refractivity contribution >= 4 is 12.0 Å². The number of benzene rings is 1. The molecule has 122 valence electrons. The van der Waals surface area contributed by atoms with Crippen LogP contribution in [0.5, 0.6) is 0 Å². The molecule has 1 aromatic carbocycles. The van der Waals surface area contributed by atoms with Gasteiger partial charge in [0.1, 0.15) is 5.60 Å². The second-order valence-corrected chi connectivity index (χ2v) is 7.29. The van der Waals surface area contributed by atoms with Crippen LogP contribution in [0.25, 0.3) is 0 Å². The Morgan fingerprint density at radius 3 is 2.14 bits per heavy atom. The Hall–Kier alpha value is -2.04. The summed E-state index contributed by atoms with van der Waals surface area (Å²) in [7, 11) is 0. The minimum absolute atomic E-state index is 0.276. The fourth-order valence-corrected chi connectivity index (χ4v) is 1.82. The van der Waals surface area contributed by atoms with Crippen LogP contribution in [-0.4, -0.2) is 28.1 Å². The van der Waals surface area contributed by atoms with Crippen molar-refractivity contribution in [2.24, 2.45) is 0 Å². The SMILES string of the molecule is Cc1cccc(C(=O)N(NC(=O)OC(C)(C)C)C(C)(C)C)c1. The molecule has 2 amide bonds. The summed E-state index contributed by atoms with van der Waals surface area (Å²) in [4.78, 5) is 24.7. The van der Waals surface area contributed by atoms with Gasteiger partial charge >= 0.3 is 6.09 Å². The molecule has 0 atom stereocenters. The number of rotatable bonds is 1. The first-order valence-electron chi connectivity index (χ1n) is 7.31. The van der Waals surface area contributed by atoms with E-state index in [0.717, 1.165) is 5.56 Å². The maximum Gasteiger partial charge on any atom is 0.426 e. The molecule has 0 unspecified atom stereocenters. The molecule has 0 aromatic heterocycles. The van der Waals surface area contributed by atoms with Crippen LogP contribution >= 0.6 is 0 Å². The molecule has 0 saturated carbocycles. The summed E-state index contributed by atoms with van der Waals surface area (Å²) in [5.41, 5.74) is 2.85. The van der Waals surface area contributed by atoms with E-state index >= 15 is 0 Å². The van der Waals surface area contributed by atoms with Gasteiger partial charge in [0.2, 0.25) is 0 Å². The third-order valence-electron chi connectivity index (χ3n) is 2.74. The lowest BCUT2D eigenvalue weighted by atomic mass is 10.1. The van der Waals surface area contributed by atoms with Gasteiger partial charge in [0.25, 0.3) is 5.91 Å². The summed E-state index contributed by atoms with van der Waals surface area (Å²) in [5, 5.41) is 1.30. The standard InChI is InChI=1S/C17H26N2O3/c1-12-9-8-10-13(11-12)14(20)19(16(2,3)4)18-15(21)22-17(5,6)7/h8-11H,1-7H3,(H,18,21). The number of aryl methyl sites for hydroxylation is 1. The Balaban J connectivity index is 2.99. The second kappa shape index (κ2) is 6.38. The first kappa shape index (κ1) is 18.0. The summed E-state index contributed by atoms with van der Waals surface area (Å²) < 4.78 is 5.23. The zero-order valence-corrected chi connectivity index (χ0v) is 14.5. The fraction of sp³-hybridized carbons (Fsp3) is 0.529. The Kier molecular flexibility index (Phi) is 5.22.